The SMILES string of the molecule is CC[C@]12CCCN3CC[C@@]4([C@H]5CCCC[C@H]5N[C@H]4[C@@H](C(=O)OC)C1)[C@@H]32.Cl.Cl. The molecule has 5 fully saturated rings. The molecule has 3 aliphatic heterocycles. The lowest BCUT2D eigenvalue weighted by Crippen LogP contribution is -2.66. The molecule has 0 radical (unpaired) electrons. The Bertz CT molecular complexity index is 576. The maximum Gasteiger partial charge on any atom is 0.310 e. The first-order valence-corrected chi connectivity index (χ1v) is 10.7. The van der Waals surface area contributed by atoms with Gasteiger partial charge in [0.25, 0.3) is 0 Å². The number of methoxy groups -OCH3 is 1. The van der Waals surface area contributed by atoms with Gasteiger partial charge in [-0.25, -0.2) is 0 Å². The van der Waals surface area contributed by atoms with Crippen molar-refractivity contribution in [2.75, 3.05) is 20.2 Å². The number of esters is 1. The van der Waals surface area contributed by atoms with Gasteiger partial charge in [-0.3, -0.25) is 9.69 Å². The van der Waals surface area contributed by atoms with Crippen LogP contribution in [0.5, 0.6) is 0 Å². The topological polar surface area (TPSA) is 41.6 Å². The van der Waals surface area contributed by atoms with Crippen LogP contribution in [-0.4, -0.2) is 49.2 Å². The largest absolute Gasteiger partial charge is 0.469 e. The molecular weight excluding hydrogens is 383 g/mol. The van der Waals surface area contributed by atoms with E-state index in [4.69, 9.17) is 4.74 Å². The molecule has 156 valence electrons. The van der Waals surface area contributed by atoms with Crippen molar-refractivity contribution >= 4 is 30.8 Å². The van der Waals surface area contributed by atoms with E-state index < -0.39 is 0 Å². The lowest BCUT2D eigenvalue weighted by molar-refractivity contribution is -0.160. The smallest absolute Gasteiger partial charge is 0.310 e. The minimum Gasteiger partial charge on any atom is -0.469 e. The van der Waals surface area contributed by atoms with E-state index in [0.29, 0.717) is 29.0 Å². The highest BCUT2D eigenvalue weighted by Crippen LogP contribution is 2.67. The lowest BCUT2D eigenvalue weighted by atomic mass is 9.47. The van der Waals surface area contributed by atoms with Gasteiger partial charge < -0.3 is 10.1 Å². The van der Waals surface area contributed by atoms with Crippen LogP contribution in [0.25, 0.3) is 0 Å². The second-order valence-electron chi connectivity index (χ2n) is 9.60. The van der Waals surface area contributed by atoms with Crippen molar-refractivity contribution in [1.29, 1.82) is 0 Å². The van der Waals surface area contributed by atoms with Crippen LogP contribution in [0.1, 0.15) is 64.7 Å². The summed E-state index contributed by atoms with van der Waals surface area (Å²) in [5.41, 5.74) is 0.650. The standard InChI is InChI=1S/C21H34N2O2.2ClH/c1-3-20-9-6-11-23-12-10-21(19(20)23)15-7-4-5-8-16(15)22-17(21)14(13-20)18(24)25-2;;/h14-17,19,22H,3-13H2,1-2H3;2*1H/t14-,15-,16+,17-,19-,20-,21-;;/m0../s1. The molecule has 0 aromatic carbocycles. The monoisotopic (exact) mass is 418 g/mol. The Morgan fingerprint density at radius 1 is 1.15 bits per heavy atom. The molecule has 2 saturated carbocycles. The number of rotatable bonds is 2. The third-order valence-corrected chi connectivity index (χ3v) is 9.07. The van der Waals surface area contributed by atoms with Gasteiger partial charge in [0.2, 0.25) is 0 Å². The maximum atomic E-state index is 12.8. The normalized spacial score (nSPS) is 47.7. The van der Waals surface area contributed by atoms with Crippen molar-refractivity contribution in [2.45, 2.75) is 82.8 Å². The second kappa shape index (κ2) is 7.66. The molecular formula is C21H36Cl2N2O2. The van der Waals surface area contributed by atoms with E-state index in [1.807, 2.05) is 0 Å². The quantitative estimate of drug-likeness (QED) is 0.692. The van der Waals surface area contributed by atoms with Gasteiger partial charge in [0.05, 0.1) is 13.0 Å². The molecule has 1 N–H and O–H groups in total. The number of fused-ring (bicyclic) bond motifs is 1. The minimum absolute atomic E-state index is 0. The van der Waals surface area contributed by atoms with Gasteiger partial charge in [-0.2, -0.15) is 0 Å². The molecule has 0 aromatic heterocycles. The predicted octanol–water partition coefficient (Wildman–Crippen LogP) is 3.80. The van der Waals surface area contributed by atoms with E-state index in [-0.39, 0.29) is 36.7 Å². The van der Waals surface area contributed by atoms with Gasteiger partial charge in [-0.1, -0.05) is 19.8 Å². The van der Waals surface area contributed by atoms with Crippen LogP contribution in [0, 0.1) is 22.7 Å². The first-order valence-electron chi connectivity index (χ1n) is 10.7. The number of halogens is 2. The number of hydrogen-bond donors (Lipinski definition) is 1. The fourth-order valence-corrected chi connectivity index (χ4v) is 8.36. The average molecular weight is 419 g/mol. The number of hydrogen-bond acceptors (Lipinski definition) is 4. The van der Waals surface area contributed by atoms with Gasteiger partial charge in [0.15, 0.2) is 0 Å². The number of carbonyl (C=O) groups is 1. The van der Waals surface area contributed by atoms with E-state index in [9.17, 15) is 4.79 Å². The van der Waals surface area contributed by atoms with Gasteiger partial charge in [0, 0.05) is 23.5 Å². The molecule has 6 heteroatoms. The van der Waals surface area contributed by atoms with Crippen molar-refractivity contribution in [3.8, 4) is 0 Å². The minimum atomic E-state index is 0. The Labute approximate surface area is 176 Å². The Kier molecular flexibility index (Phi) is 6.15. The van der Waals surface area contributed by atoms with E-state index >= 15 is 0 Å². The van der Waals surface area contributed by atoms with E-state index in [1.165, 1.54) is 64.5 Å². The Hall–Kier alpha value is -0.0300. The molecule has 0 aromatic rings. The number of nitrogens with zero attached hydrogens (tertiary/aromatic N) is 1. The number of carbonyl (C=O) groups excluding carboxylic acids is 1. The highest BCUT2D eigenvalue weighted by atomic mass is 35.5. The summed E-state index contributed by atoms with van der Waals surface area (Å²) in [6, 6.07) is 1.69. The zero-order chi connectivity index (χ0) is 17.2. The average Bonchev–Trinajstić information content (AvgIpc) is 3.21. The Morgan fingerprint density at radius 2 is 1.93 bits per heavy atom. The Balaban J connectivity index is 0.00000105. The molecule has 7 atom stereocenters. The molecule has 5 aliphatic rings. The summed E-state index contributed by atoms with van der Waals surface area (Å²) in [4.78, 5) is 15.7. The van der Waals surface area contributed by atoms with Gasteiger partial charge in [0.1, 0.15) is 0 Å². The molecule has 2 aliphatic carbocycles. The maximum absolute atomic E-state index is 12.8. The van der Waals surface area contributed by atoms with Crippen molar-refractivity contribution in [3.63, 3.8) is 0 Å². The van der Waals surface area contributed by atoms with E-state index in [2.05, 4.69) is 17.1 Å². The van der Waals surface area contributed by atoms with Crippen LogP contribution in [-0.2, 0) is 9.53 Å². The number of nitrogens with one attached hydrogen (secondary N) is 1. The Morgan fingerprint density at radius 3 is 2.67 bits per heavy atom. The first-order chi connectivity index (χ1) is 12.2. The van der Waals surface area contributed by atoms with Crippen LogP contribution in [0.15, 0.2) is 0 Å². The van der Waals surface area contributed by atoms with Gasteiger partial charge >= 0.3 is 5.97 Å². The summed E-state index contributed by atoms with van der Waals surface area (Å²) in [5.74, 6) is 0.883. The fraction of sp³-hybridized carbons (Fsp3) is 0.952. The van der Waals surface area contributed by atoms with Crippen molar-refractivity contribution < 1.29 is 9.53 Å². The molecule has 0 unspecified atom stereocenters. The molecule has 5 rings (SSSR count). The van der Waals surface area contributed by atoms with Crippen molar-refractivity contribution in [3.05, 3.63) is 0 Å². The molecule has 1 spiro atoms. The molecule has 3 heterocycles. The number of ether oxygens (including phenoxy) is 1. The second-order valence-corrected chi connectivity index (χ2v) is 9.60. The summed E-state index contributed by atoms with van der Waals surface area (Å²) < 4.78 is 5.33. The highest BCUT2D eigenvalue weighted by Gasteiger charge is 2.72. The molecule has 0 amide bonds. The van der Waals surface area contributed by atoms with Gasteiger partial charge in [-0.15, -0.1) is 24.8 Å². The lowest BCUT2D eigenvalue weighted by Gasteiger charge is -2.61. The summed E-state index contributed by atoms with van der Waals surface area (Å²) >= 11 is 0. The fourth-order valence-electron chi connectivity index (χ4n) is 8.36. The van der Waals surface area contributed by atoms with E-state index in [1.54, 1.807) is 7.11 Å². The van der Waals surface area contributed by atoms with Crippen LogP contribution in [0.3, 0.4) is 0 Å². The van der Waals surface area contributed by atoms with Gasteiger partial charge in [-0.05, 0) is 69.4 Å². The predicted molar refractivity (Wildman–Crippen MR) is 112 cm³/mol. The number of piperidine rings is 1. The third kappa shape index (κ3) is 2.73. The van der Waals surface area contributed by atoms with Crippen molar-refractivity contribution in [2.24, 2.45) is 22.7 Å². The third-order valence-electron chi connectivity index (χ3n) is 9.07. The molecule has 0 bridgehead atoms. The highest BCUT2D eigenvalue weighted by molar-refractivity contribution is 5.85. The van der Waals surface area contributed by atoms with Crippen LogP contribution in [0.2, 0.25) is 0 Å². The molecule has 27 heavy (non-hydrogen) atoms. The summed E-state index contributed by atoms with van der Waals surface area (Å²) in [6.45, 7) is 4.91. The zero-order valence-electron chi connectivity index (χ0n) is 16.7. The summed E-state index contributed by atoms with van der Waals surface area (Å²) in [7, 11) is 1.59. The molecule has 4 nitrogen and oxygen atoms in total. The van der Waals surface area contributed by atoms with Crippen LogP contribution < -0.4 is 5.32 Å². The summed E-state index contributed by atoms with van der Waals surface area (Å²) in [5, 5.41) is 4.03. The summed E-state index contributed by atoms with van der Waals surface area (Å²) in [6.07, 6.45) is 11.6. The van der Waals surface area contributed by atoms with Crippen molar-refractivity contribution in [1.82, 2.24) is 10.2 Å². The van der Waals surface area contributed by atoms with Crippen LogP contribution >= 0.6 is 24.8 Å². The zero-order valence-corrected chi connectivity index (χ0v) is 18.4. The van der Waals surface area contributed by atoms with Crippen LogP contribution in [0.4, 0.5) is 0 Å². The van der Waals surface area contributed by atoms with E-state index in [0.717, 1.165) is 12.3 Å². The first kappa shape index (κ1) is 21.7. The molecule has 3 saturated heterocycles.